The molecule has 0 radical (unpaired) electrons. The number of hydrogen-bond acceptors (Lipinski definition) is 3. The first-order valence-electron chi connectivity index (χ1n) is 5.73. The van der Waals surface area contributed by atoms with Crippen LogP contribution in [0.2, 0.25) is 0 Å². The zero-order valence-electron chi connectivity index (χ0n) is 10.3. The minimum absolute atomic E-state index is 0.193. The largest absolute Gasteiger partial charge is 0.445 e. The number of amides is 1. The molecule has 0 heterocycles. The number of aliphatic hydroxyl groups is 1. The van der Waals surface area contributed by atoms with Crippen molar-refractivity contribution < 1.29 is 14.6 Å². The first-order valence-corrected chi connectivity index (χ1v) is 5.73. The van der Waals surface area contributed by atoms with Crippen molar-refractivity contribution in [2.75, 3.05) is 0 Å². The Bertz CT molecular complexity index is 409. The van der Waals surface area contributed by atoms with Crippen LogP contribution >= 0.6 is 0 Å². The third-order valence-corrected chi connectivity index (χ3v) is 2.28. The molecular weight excluding hydrogens is 230 g/mol. The van der Waals surface area contributed by atoms with Crippen LogP contribution < -0.4 is 5.32 Å². The Morgan fingerprint density at radius 3 is 2.72 bits per heavy atom. The van der Waals surface area contributed by atoms with E-state index in [0.717, 1.165) is 5.56 Å². The van der Waals surface area contributed by atoms with Gasteiger partial charge in [0.25, 0.3) is 0 Å². The molecule has 0 aliphatic rings. The number of carbonyl (C=O) groups is 1. The van der Waals surface area contributed by atoms with Crippen molar-refractivity contribution in [3.63, 3.8) is 0 Å². The summed E-state index contributed by atoms with van der Waals surface area (Å²) in [6.07, 6.45) is 4.40. The van der Waals surface area contributed by atoms with E-state index in [0.29, 0.717) is 6.42 Å². The van der Waals surface area contributed by atoms with Crippen molar-refractivity contribution in [1.29, 1.82) is 0 Å². The highest BCUT2D eigenvalue weighted by molar-refractivity contribution is 5.68. The summed E-state index contributed by atoms with van der Waals surface area (Å²) < 4.78 is 5.01. The number of hydrogen-bond donors (Lipinski definition) is 2. The molecule has 4 nitrogen and oxygen atoms in total. The molecule has 0 aliphatic carbocycles. The van der Waals surface area contributed by atoms with Gasteiger partial charge in [-0.1, -0.05) is 36.3 Å². The molecule has 0 bridgehead atoms. The zero-order valence-corrected chi connectivity index (χ0v) is 10.3. The summed E-state index contributed by atoms with van der Waals surface area (Å²) in [5, 5.41) is 11.7. The second-order valence-electron chi connectivity index (χ2n) is 4.01. The molecule has 1 amide bonds. The van der Waals surface area contributed by atoms with Gasteiger partial charge in [-0.15, -0.1) is 6.42 Å². The Morgan fingerprint density at radius 1 is 1.50 bits per heavy atom. The summed E-state index contributed by atoms with van der Waals surface area (Å²) in [5.74, 6) is 2.39. The van der Waals surface area contributed by atoms with Crippen LogP contribution in [0.3, 0.4) is 0 Å². The lowest BCUT2D eigenvalue weighted by molar-refractivity contribution is 0.131. The SMILES string of the molecule is C#C[C@H](C[C@H](C)O)NC(=O)OCc1ccccc1. The van der Waals surface area contributed by atoms with Gasteiger partial charge in [-0.05, 0) is 12.5 Å². The lowest BCUT2D eigenvalue weighted by Gasteiger charge is -2.14. The smallest absolute Gasteiger partial charge is 0.408 e. The van der Waals surface area contributed by atoms with E-state index < -0.39 is 18.2 Å². The minimum atomic E-state index is -0.581. The summed E-state index contributed by atoms with van der Waals surface area (Å²) in [5.41, 5.74) is 0.903. The predicted octanol–water partition coefficient (Wildman–Crippen LogP) is 1.69. The van der Waals surface area contributed by atoms with E-state index in [-0.39, 0.29) is 6.61 Å². The highest BCUT2D eigenvalue weighted by Crippen LogP contribution is 2.02. The lowest BCUT2D eigenvalue weighted by Crippen LogP contribution is -2.36. The maximum Gasteiger partial charge on any atom is 0.408 e. The van der Waals surface area contributed by atoms with Gasteiger partial charge in [-0.25, -0.2) is 4.79 Å². The molecule has 2 N–H and O–H groups in total. The van der Waals surface area contributed by atoms with Gasteiger partial charge in [0.1, 0.15) is 6.61 Å². The maximum absolute atomic E-state index is 11.5. The van der Waals surface area contributed by atoms with Crippen LogP contribution in [0.25, 0.3) is 0 Å². The van der Waals surface area contributed by atoms with Crippen LogP contribution in [-0.2, 0) is 11.3 Å². The average molecular weight is 247 g/mol. The molecule has 0 aliphatic heterocycles. The zero-order chi connectivity index (χ0) is 13.4. The maximum atomic E-state index is 11.5. The van der Waals surface area contributed by atoms with E-state index in [2.05, 4.69) is 11.2 Å². The standard InChI is InChI=1S/C14H17NO3/c1-3-13(9-11(2)16)15-14(17)18-10-12-7-5-4-6-8-12/h1,4-8,11,13,16H,9-10H2,2H3,(H,15,17)/t11-,13+/m0/s1. The molecular formula is C14H17NO3. The van der Waals surface area contributed by atoms with Gasteiger partial charge in [0, 0.05) is 6.42 Å². The van der Waals surface area contributed by atoms with Crippen molar-refractivity contribution in [1.82, 2.24) is 5.32 Å². The number of terminal acetylenes is 1. The predicted molar refractivity (Wildman–Crippen MR) is 68.7 cm³/mol. The second-order valence-corrected chi connectivity index (χ2v) is 4.01. The molecule has 0 saturated carbocycles. The highest BCUT2D eigenvalue weighted by Gasteiger charge is 2.12. The molecule has 96 valence electrons. The topological polar surface area (TPSA) is 58.6 Å². The fraction of sp³-hybridized carbons (Fsp3) is 0.357. The van der Waals surface area contributed by atoms with Crippen LogP contribution in [0.15, 0.2) is 30.3 Å². The van der Waals surface area contributed by atoms with Gasteiger partial charge >= 0.3 is 6.09 Å². The third-order valence-electron chi connectivity index (χ3n) is 2.28. The fourth-order valence-corrected chi connectivity index (χ4v) is 1.42. The van der Waals surface area contributed by atoms with Crippen molar-refractivity contribution in [2.45, 2.75) is 32.1 Å². The van der Waals surface area contributed by atoms with Gasteiger partial charge in [-0.3, -0.25) is 0 Å². The van der Waals surface area contributed by atoms with E-state index in [4.69, 9.17) is 11.2 Å². The summed E-state index contributed by atoms with van der Waals surface area (Å²) in [7, 11) is 0. The molecule has 0 fully saturated rings. The number of nitrogens with one attached hydrogen (secondary N) is 1. The number of benzene rings is 1. The quantitative estimate of drug-likeness (QED) is 0.778. The minimum Gasteiger partial charge on any atom is -0.445 e. The summed E-state index contributed by atoms with van der Waals surface area (Å²) >= 11 is 0. The van der Waals surface area contributed by atoms with Crippen molar-refractivity contribution in [2.24, 2.45) is 0 Å². The Morgan fingerprint density at radius 2 is 2.17 bits per heavy atom. The Hall–Kier alpha value is -1.99. The number of alkyl carbamates (subject to hydrolysis) is 1. The molecule has 1 rings (SSSR count). The van der Waals surface area contributed by atoms with Crippen LogP contribution in [0, 0.1) is 12.3 Å². The van der Waals surface area contributed by atoms with Crippen molar-refractivity contribution in [3.05, 3.63) is 35.9 Å². The fourth-order valence-electron chi connectivity index (χ4n) is 1.42. The Kier molecular flexibility index (Phi) is 5.75. The van der Waals surface area contributed by atoms with E-state index in [1.165, 1.54) is 0 Å². The molecule has 1 aromatic rings. The second kappa shape index (κ2) is 7.36. The average Bonchev–Trinajstić information content (AvgIpc) is 2.36. The van der Waals surface area contributed by atoms with E-state index in [1.807, 2.05) is 30.3 Å². The van der Waals surface area contributed by atoms with Crippen molar-refractivity contribution in [3.8, 4) is 12.3 Å². The molecule has 0 unspecified atom stereocenters. The number of carbonyl (C=O) groups excluding carboxylic acids is 1. The van der Waals surface area contributed by atoms with Gasteiger partial charge in [0.05, 0.1) is 12.1 Å². The van der Waals surface area contributed by atoms with Crippen LogP contribution in [0.4, 0.5) is 4.79 Å². The van der Waals surface area contributed by atoms with Gasteiger partial charge in [0.2, 0.25) is 0 Å². The molecule has 2 atom stereocenters. The lowest BCUT2D eigenvalue weighted by atomic mass is 10.1. The van der Waals surface area contributed by atoms with Gasteiger partial charge < -0.3 is 15.2 Å². The monoisotopic (exact) mass is 247 g/mol. The van der Waals surface area contributed by atoms with Gasteiger partial charge in [0.15, 0.2) is 0 Å². The molecule has 0 aromatic heterocycles. The molecule has 0 spiro atoms. The summed E-state index contributed by atoms with van der Waals surface area (Å²) in [6, 6.07) is 8.83. The third kappa shape index (κ3) is 5.37. The highest BCUT2D eigenvalue weighted by atomic mass is 16.5. The number of rotatable bonds is 5. The normalized spacial score (nSPS) is 13.2. The summed E-state index contributed by atoms with van der Waals surface area (Å²) in [6.45, 7) is 1.81. The van der Waals surface area contributed by atoms with Crippen LogP contribution in [0.1, 0.15) is 18.9 Å². The van der Waals surface area contributed by atoms with Crippen LogP contribution in [-0.4, -0.2) is 23.3 Å². The summed E-state index contributed by atoms with van der Waals surface area (Å²) in [4.78, 5) is 11.5. The Balaban J connectivity index is 2.35. The first kappa shape index (κ1) is 14.1. The molecule has 4 heteroatoms. The molecule has 18 heavy (non-hydrogen) atoms. The van der Waals surface area contributed by atoms with Gasteiger partial charge in [-0.2, -0.15) is 0 Å². The van der Waals surface area contributed by atoms with E-state index in [1.54, 1.807) is 6.92 Å². The van der Waals surface area contributed by atoms with E-state index >= 15 is 0 Å². The Labute approximate surface area is 107 Å². The van der Waals surface area contributed by atoms with Crippen molar-refractivity contribution >= 4 is 6.09 Å². The van der Waals surface area contributed by atoms with E-state index in [9.17, 15) is 9.90 Å². The number of aliphatic hydroxyl groups excluding tert-OH is 1. The number of ether oxygens (including phenoxy) is 1. The first-order chi connectivity index (χ1) is 8.61. The van der Waals surface area contributed by atoms with Crippen LogP contribution in [0.5, 0.6) is 0 Å². The molecule has 0 saturated heterocycles. The molecule has 1 aromatic carbocycles.